The molecule has 176 valence electrons. The Balaban J connectivity index is 1.48. The largest absolute Gasteiger partial charge is 0.457 e. The van der Waals surface area contributed by atoms with E-state index in [2.05, 4.69) is 44.5 Å². The highest BCUT2D eigenvalue weighted by molar-refractivity contribution is 5.73. The second-order valence-corrected chi connectivity index (χ2v) is 8.16. The minimum absolute atomic E-state index is 0.237. The molecule has 0 spiro atoms. The highest BCUT2D eigenvalue weighted by atomic mass is 16.5. The summed E-state index contributed by atoms with van der Waals surface area (Å²) in [5, 5.41) is 3.26. The van der Waals surface area contributed by atoms with E-state index in [0.717, 1.165) is 11.3 Å². The molecule has 0 aliphatic carbocycles. The highest BCUT2D eigenvalue weighted by Crippen LogP contribution is 2.24. The van der Waals surface area contributed by atoms with Gasteiger partial charge in [0, 0.05) is 24.5 Å². The molecule has 3 aromatic heterocycles. The number of aromatic amines is 1. The third kappa shape index (κ3) is 4.70. The van der Waals surface area contributed by atoms with Crippen LogP contribution in [0.15, 0.2) is 82.8 Å². The standard InChI is InChI=1S/C26H24N6O3/c1-3-31-16-28-24-23(31)25(34)30-26(32(24)15-18-6-4-17(2)5-7-18)29-19-8-10-20(11-9-19)35-21-12-13-27-22(33)14-21/h4-14,16H,3,15H2,1-2H3,(H,27,33)(H,29,30,34). The predicted molar refractivity (Wildman–Crippen MR) is 135 cm³/mol. The number of anilines is 2. The molecular weight excluding hydrogens is 444 g/mol. The number of rotatable bonds is 7. The van der Waals surface area contributed by atoms with Gasteiger partial charge >= 0.3 is 5.56 Å². The molecule has 0 aliphatic heterocycles. The topological polar surface area (TPSA) is 107 Å². The Morgan fingerprint density at radius 1 is 1.00 bits per heavy atom. The van der Waals surface area contributed by atoms with Gasteiger partial charge in [0.05, 0.1) is 12.9 Å². The second-order valence-electron chi connectivity index (χ2n) is 8.16. The molecule has 0 fully saturated rings. The zero-order valence-corrected chi connectivity index (χ0v) is 19.4. The van der Waals surface area contributed by atoms with Crippen molar-refractivity contribution in [2.45, 2.75) is 26.9 Å². The third-order valence-corrected chi connectivity index (χ3v) is 5.63. The van der Waals surface area contributed by atoms with Crippen molar-refractivity contribution >= 4 is 22.8 Å². The van der Waals surface area contributed by atoms with Crippen LogP contribution in [0.4, 0.5) is 11.6 Å². The first kappa shape index (κ1) is 22.1. The maximum atomic E-state index is 12.9. The van der Waals surface area contributed by atoms with Crippen molar-refractivity contribution < 1.29 is 4.74 Å². The van der Waals surface area contributed by atoms with Crippen molar-refractivity contribution in [1.29, 1.82) is 0 Å². The van der Waals surface area contributed by atoms with Crippen molar-refractivity contribution in [2.24, 2.45) is 0 Å². The van der Waals surface area contributed by atoms with Crippen molar-refractivity contribution in [2.75, 3.05) is 5.32 Å². The second kappa shape index (κ2) is 9.30. The zero-order valence-electron chi connectivity index (χ0n) is 19.4. The van der Waals surface area contributed by atoms with Gasteiger partial charge in [-0.3, -0.25) is 14.2 Å². The maximum Gasteiger partial charge on any atom is 0.300 e. The van der Waals surface area contributed by atoms with E-state index in [0.29, 0.717) is 41.7 Å². The molecule has 0 saturated heterocycles. The van der Waals surface area contributed by atoms with Crippen LogP contribution >= 0.6 is 0 Å². The van der Waals surface area contributed by atoms with E-state index >= 15 is 0 Å². The lowest BCUT2D eigenvalue weighted by Crippen LogP contribution is -2.20. The molecule has 0 saturated carbocycles. The fourth-order valence-electron chi connectivity index (χ4n) is 3.82. The number of ether oxygens (including phenoxy) is 1. The van der Waals surface area contributed by atoms with Gasteiger partial charge in [0.15, 0.2) is 11.2 Å². The molecule has 0 unspecified atom stereocenters. The fourth-order valence-corrected chi connectivity index (χ4v) is 3.82. The molecular formula is C26H24N6O3. The molecule has 35 heavy (non-hydrogen) atoms. The van der Waals surface area contributed by atoms with Gasteiger partial charge in [-0.15, -0.1) is 0 Å². The molecule has 5 rings (SSSR count). The van der Waals surface area contributed by atoms with E-state index in [1.807, 2.05) is 30.5 Å². The van der Waals surface area contributed by atoms with Gasteiger partial charge in [-0.1, -0.05) is 29.8 Å². The summed E-state index contributed by atoms with van der Waals surface area (Å²) < 4.78 is 9.45. The van der Waals surface area contributed by atoms with E-state index < -0.39 is 0 Å². The van der Waals surface area contributed by atoms with Crippen LogP contribution in [0.5, 0.6) is 11.5 Å². The average Bonchev–Trinajstić information content (AvgIpc) is 3.29. The molecule has 0 amide bonds. The number of aryl methyl sites for hydroxylation is 2. The Labute approximate surface area is 200 Å². The Bertz CT molecular complexity index is 1600. The monoisotopic (exact) mass is 468 g/mol. The number of imidazole rings is 1. The van der Waals surface area contributed by atoms with Crippen molar-refractivity contribution in [1.82, 2.24) is 24.1 Å². The van der Waals surface area contributed by atoms with E-state index in [-0.39, 0.29) is 11.1 Å². The van der Waals surface area contributed by atoms with E-state index in [9.17, 15) is 9.59 Å². The van der Waals surface area contributed by atoms with Gasteiger partial charge in [-0.05, 0) is 49.7 Å². The number of hydrogen-bond donors (Lipinski definition) is 2. The van der Waals surface area contributed by atoms with Crippen molar-refractivity contribution in [3.8, 4) is 11.5 Å². The number of hydrogen-bond acceptors (Lipinski definition) is 6. The number of benzene rings is 2. The Morgan fingerprint density at radius 3 is 2.49 bits per heavy atom. The molecule has 3 heterocycles. The molecule has 2 N–H and O–H groups in total. The first-order valence-electron chi connectivity index (χ1n) is 11.2. The van der Waals surface area contributed by atoms with Gasteiger partial charge in [-0.2, -0.15) is 4.98 Å². The molecule has 5 aromatic rings. The van der Waals surface area contributed by atoms with E-state index in [1.54, 1.807) is 29.1 Å². The molecule has 0 aliphatic rings. The molecule has 0 radical (unpaired) electrons. The first-order valence-corrected chi connectivity index (χ1v) is 11.2. The maximum absolute atomic E-state index is 12.9. The highest BCUT2D eigenvalue weighted by Gasteiger charge is 2.16. The minimum Gasteiger partial charge on any atom is -0.457 e. The van der Waals surface area contributed by atoms with Gasteiger partial charge in [0.25, 0.3) is 5.56 Å². The summed E-state index contributed by atoms with van der Waals surface area (Å²) in [6, 6.07) is 18.5. The number of H-pyrrole nitrogens is 1. The number of pyridine rings is 1. The van der Waals surface area contributed by atoms with E-state index in [4.69, 9.17) is 4.74 Å². The van der Waals surface area contributed by atoms with Crippen molar-refractivity contribution in [3.63, 3.8) is 0 Å². The fraction of sp³-hybridized carbons (Fsp3) is 0.154. The van der Waals surface area contributed by atoms with Gasteiger partial charge < -0.3 is 19.6 Å². The lowest BCUT2D eigenvalue weighted by atomic mass is 10.1. The third-order valence-electron chi connectivity index (χ3n) is 5.63. The minimum atomic E-state index is -0.337. The Hall–Kier alpha value is -4.66. The predicted octanol–water partition coefficient (Wildman–Crippen LogP) is 4.19. The molecule has 9 nitrogen and oxygen atoms in total. The van der Waals surface area contributed by atoms with Crippen LogP contribution < -0.4 is 21.2 Å². The Morgan fingerprint density at radius 2 is 1.77 bits per heavy atom. The first-order chi connectivity index (χ1) is 17.0. The zero-order chi connectivity index (χ0) is 24.4. The summed E-state index contributed by atoms with van der Waals surface area (Å²) in [7, 11) is 0. The van der Waals surface area contributed by atoms with Gasteiger partial charge in [0.1, 0.15) is 11.5 Å². The SMILES string of the molecule is CCn1cnc2c1c(=O)nc(Nc1ccc(Oc3cc[nH]c(=O)c3)cc1)n2Cc1ccc(C)cc1. The quantitative estimate of drug-likeness (QED) is 0.371. The van der Waals surface area contributed by atoms with Gasteiger partial charge in [0.2, 0.25) is 5.95 Å². The Kier molecular flexibility index (Phi) is 5.88. The van der Waals surface area contributed by atoms with Gasteiger partial charge in [-0.25, -0.2) is 4.98 Å². The summed E-state index contributed by atoms with van der Waals surface area (Å²) in [5.41, 5.74) is 3.44. The van der Waals surface area contributed by atoms with Crippen LogP contribution in [-0.4, -0.2) is 24.1 Å². The lowest BCUT2D eigenvalue weighted by Gasteiger charge is -2.16. The van der Waals surface area contributed by atoms with Crippen LogP contribution in [0.1, 0.15) is 18.1 Å². The lowest BCUT2D eigenvalue weighted by molar-refractivity contribution is 0.481. The smallest absolute Gasteiger partial charge is 0.300 e. The van der Waals surface area contributed by atoms with Crippen LogP contribution in [0.25, 0.3) is 11.2 Å². The van der Waals surface area contributed by atoms with Crippen LogP contribution in [0, 0.1) is 6.92 Å². The normalized spacial score (nSPS) is 11.0. The number of nitrogens with zero attached hydrogens (tertiary/aromatic N) is 4. The summed E-state index contributed by atoms with van der Waals surface area (Å²) in [6.45, 7) is 5.13. The summed E-state index contributed by atoms with van der Waals surface area (Å²) >= 11 is 0. The van der Waals surface area contributed by atoms with E-state index in [1.165, 1.54) is 17.8 Å². The number of fused-ring (bicyclic) bond motifs is 1. The average molecular weight is 469 g/mol. The van der Waals surface area contributed by atoms with Crippen molar-refractivity contribution in [3.05, 3.63) is 105 Å². The number of aromatic nitrogens is 5. The van der Waals surface area contributed by atoms with Crippen LogP contribution in [0.3, 0.4) is 0 Å². The molecule has 0 atom stereocenters. The summed E-state index contributed by atoms with van der Waals surface area (Å²) in [6.07, 6.45) is 3.20. The molecule has 9 heteroatoms. The summed E-state index contributed by atoms with van der Waals surface area (Å²) in [5.74, 6) is 1.41. The van der Waals surface area contributed by atoms with Crippen LogP contribution in [-0.2, 0) is 13.1 Å². The molecule has 0 bridgehead atoms. The summed E-state index contributed by atoms with van der Waals surface area (Å²) in [4.78, 5) is 35.8. The number of nitrogens with one attached hydrogen (secondary N) is 2. The molecule has 2 aromatic carbocycles. The van der Waals surface area contributed by atoms with Crippen LogP contribution in [0.2, 0.25) is 0 Å².